The quantitative estimate of drug-likeness (QED) is 0.399. The fourth-order valence-electron chi connectivity index (χ4n) is 0.880. The number of nitrogens with zero attached hydrogens (tertiary/aromatic N) is 3. The molecule has 0 aliphatic rings. The molecule has 12 heavy (non-hydrogen) atoms. The summed E-state index contributed by atoms with van der Waals surface area (Å²) in [4.78, 5) is 10.5. The van der Waals surface area contributed by atoms with Gasteiger partial charge in [-0.3, -0.25) is 0 Å². The van der Waals surface area contributed by atoms with Crippen LogP contribution in [0.1, 0.15) is 5.69 Å². The van der Waals surface area contributed by atoms with Crippen LogP contribution < -0.4 is 4.80 Å². The molecule has 0 atom stereocenters. The largest absolute Gasteiger partial charge is 0.316 e. The normalized spacial score (nSPS) is 11.6. The molecule has 0 radical (unpaired) electrons. The van der Waals surface area contributed by atoms with E-state index in [0.29, 0.717) is 11.3 Å². The van der Waals surface area contributed by atoms with Crippen molar-refractivity contribution in [1.82, 2.24) is 4.57 Å². The van der Waals surface area contributed by atoms with Crippen LogP contribution >= 0.6 is 11.3 Å². The van der Waals surface area contributed by atoms with Crippen molar-refractivity contribution in [1.29, 1.82) is 0 Å². The standard InChI is InChI=1S/C7H9N3OS/c1-3-4-10-6(2)5-12-7(10)8-9-11/h3,5H,1,4H2,2H3/b8-7-. The molecule has 1 heterocycles. The number of hydrogen-bond acceptors (Lipinski definition) is 3. The van der Waals surface area contributed by atoms with Crippen LogP contribution in [0.4, 0.5) is 0 Å². The first-order chi connectivity index (χ1) is 5.79. The van der Waals surface area contributed by atoms with E-state index in [4.69, 9.17) is 0 Å². The number of nitroso groups, excluding NO2 is 1. The van der Waals surface area contributed by atoms with Crippen molar-refractivity contribution in [3.8, 4) is 0 Å². The lowest BCUT2D eigenvalue weighted by Gasteiger charge is -1.98. The van der Waals surface area contributed by atoms with E-state index in [2.05, 4.69) is 17.0 Å². The van der Waals surface area contributed by atoms with E-state index in [1.807, 2.05) is 16.9 Å². The minimum Gasteiger partial charge on any atom is -0.316 e. The summed E-state index contributed by atoms with van der Waals surface area (Å²) in [6.07, 6.45) is 1.75. The van der Waals surface area contributed by atoms with Gasteiger partial charge in [0.15, 0.2) is 0 Å². The van der Waals surface area contributed by atoms with Gasteiger partial charge in [-0.2, -0.15) is 0 Å². The van der Waals surface area contributed by atoms with E-state index < -0.39 is 0 Å². The van der Waals surface area contributed by atoms with Crippen LogP contribution in [0.3, 0.4) is 0 Å². The molecule has 0 fully saturated rings. The van der Waals surface area contributed by atoms with Gasteiger partial charge >= 0.3 is 0 Å². The molecule has 5 heteroatoms. The summed E-state index contributed by atoms with van der Waals surface area (Å²) in [7, 11) is 0. The number of hydrogen-bond donors (Lipinski definition) is 0. The Morgan fingerprint density at radius 2 is 2.58 bits per heavy atom. The maximum absolute atomic E-state index is 9.89. The third-order valence-electron chi connectivity index (χ3n) is 1.43. The lowest BCUT2D eigenvalue weighted by molar-refractivity contribution is 0.751. The van der Waals surface area contributed by atoms with Crippen LogP contribution in [-0.4, -0.2) is 4.57 Å². The minimum atomic E-state index is 0.613. The van der Waals surface area contributed by atoms with Crippen molar-refractivity contribution in [2.45, 2.75) is 13.5 Å². The van der Waals surface area contributed by atoms with Gasteiger partial charge in [0.2, 0.25) is 4.80 Å². The Kier molecular flexibility index (Phi) is 2.93. The second-order valence-electron chi connectivity index (χ2n) is 2.24. The summed E-state index contributed by atoms with van der Waals surface area (Å²) >= 11 is 1.40. The van der Waals surface area contributed by atoms with Crippen molar-refractivity contribution in [2.75, 3.05) is 0 Å². The Morgan fingerprint density at radius 3 is 3.17 bits per heavy atom. The van der Waals surface area contributed by atoms with Crippen LogP contribution in [0.15, 0.2) is 28.4 Å². The molecule has 0 unspecified atom stereocenters. The van der Waals surface area contributed by atoms with Crippen molar-refractivity contribution in [3.63, 3.8) is 0 Å². The summed E-state index contributed by atoms with van der Waals surface area (Å²) in [5.41, 5.74) is 1.06. The van der Waals surface area contributed by atoms with Crippen LogP contribution in [0.2, 0.25) is 0 Å². The van der Waals surface area contributed by atoms with Gasteiger partial charge in [0.1, 0.15) is 0 Å². The highest BCUT2D eigenvalue weighted by Crippen LogP contribution is 1.99. The Hall–Kier alpha value is -1.23. The predicted octanol–water partition coefficient (Wildman–Crippen LogP) is 1.63. The van der Waals surface area contributed by atoms with Gasteiger partial charge in [-0.1, -0.05) is 11.2 Å². The molecule has 0 aliphatic carbocycles. The fraction of sp³-hybridized carbons (Fsp3) is 0.286. The molecule has 1 aromatic heterocycles. The third-order valence-corrected chi connectivity index (χ3v) is 2.40. The van der Waals surface area contributed by atoms with Gasteiger partial charge in [0.05, 0.1) is 5.29 Å². The van der Waals surface area contributed by atoms with Crippen LogP contribution in [-0.2, 0) is 6.54 Å². The first-order valence-corrected chi connectivity index (χ1v) is 4.29. The van der Waals surface area contributed by atoms with Gasteiger partial charge in [0.25, 0.3) is 0 Å². The van der Waals surface area contributed by atoms with E-state index >= 15 is 0 Å². The van der Waals surface area contributed by atoms with Gasteiger partial charge in [-0.15, -0.1) is 22.8 Å². The van der Waals surface area contributed by atoms with Crippen LogP contribution in [0, 0.1) is 11.8 Å². The van der Waals surface area contributed by atoms with Crippen molar-refractivity contribution in [3.05, 3.63) is 33.4 Å². The fourth-order valence-corrected chi connectivity index (χ4v) is 1.71. The number of aryl methyl sites for hydroxylation is 1. The molecule has 0 amide bonds. The molecule has 0 saturated heterocycles. The Morgan fingerprint density at radius 1 is 1.83 bits per heavy atom. The molecule has 4 nitrogen and oxygen atoms in total. The van der Waals surface area contributed by atoms with Gasteiger partial charge < -0.3 is 4.57 Å². The zero-order valence-corrected chi connectivity index (χ0v) is 7.54. The summed E-state index contributed by atoms with van der Waals surface area (Å²) in [6, 6.07) is 0. The first-order valence-electron chi connectivity index (χ1n) is 3.41. The molecule has 0 spiro atoms. The highest BCUT2D eigenvalue weighted by Gasteiger charge is 1.97. The molecule has 64 valence electrons. The van der Waals surface area contributed by atoms with Crippen LogP contribution in [0.5, 0.6) is 0 Å². The topological polar surface area (TPSA) is 46.7 Å². The highest BCUT2D eigenvalue weighted by molar-refractivity contribution is 7.07. The van der Waals surface area contributed by atoms with Gasteiger partial charge in [-0.05, 0) is 6.92 Å². The monoisotopic (exact) mass is 183 g/mol. The zero-order valence-electron chi connectivity index (χ0n) is 6.73. The molecule has 0 aromatic carbocycles. The number of aromatic nitrogens is 1. The maximum atomic E-state index is 9.89. The van der Waals surface area contributed by atoms with Crippen molar-refractivity contribution in [2.24, 2.45) is 10.4 Å². The van der Waals surface area contributed by atoms with Crippen molar-refractivity contribution >= 4 is 11.3 Å². The molecule has 0 saturated carbocycles. The summed E-state index contributed by atoms with van der Waals surface area (Å²) < 4.78 is 1.87. The summed E-state index contributed by atoms with van der Waals surface area (Å²) in [6.45, 7) is 6.22. The molecule has 0 N–H and O–H groups in total. The predicted molar refractivity (Wildman–Crippen MR) is 48.6 cm³/mol. The molecular formula is C7H9N3OS. The Labute approximate surface area is 73.8 Å². The highest BCUT2D eigenvalue weighted by atomic mass is 32.1. The molecule has 1 rings (SSSR count). The van der Waals surface area contributed by atoms with E-state index in [9.17, 15) is 4.91 Å². The lowest BCUT2D eigenvalue weighted by atomic mass is 10.5. The zero-order chi connectivity index (χ0) is 8.97. The summed E-state index contributed by atoms with van der Waals surface area (Å²) in [5, 5.41) is 7.87. The average Bonchev–Trinajstić information content (AvgIpc) is 2.37. The lowest BCUT2D eigenvalue weighted by Crippen LogP contribution is -2.14. The van der Waals surface area contributed by atoms with Crippen LogP contribution in [0.25, 0.3) is 0 Å². The number of rotatable bonds is 3. The van der Waals surface area contributed by atoms with Gasteiger partial charge in [0, 0.05) is 17.6 Å². The first kappa shape index (κ1) is 8.86. The molecule has 1 aromatic rings. The average molecular weight is 183 g/mol. The van der Waals surface area contributed by atoms with E-state index in [1.165, 1.54) is 11.3 Å². The minimum absolute atomic E-state index is 0.613. The SMILES string of the molecule is C=CCn1c(C)cs/c1=N\N=O. The van der Waals surface area contributed by atoms with Crippen molar-refractivity contribution < 1.29 is 0 Å². The van der Waals surface area contributed by atoms with E-state index in [0.717, 1.165) is 5.69 Å². The second-order valence-corrected chi connectivity index (χ2v) is 3.08. The molecule has 0 bridgehead atoms. The number of allylic oxidation sites excluding steroid dienone is 1. The van der Waals surface area contributed by atoms with E-state index in [1.54, 1.807) is 6.08 Å². The summed E-state index contributed by atoms with van der Waals surface area (Å²) in [5.74, 6) is 0. The van der Waals surface area contributed by atoms with E-state index in [-0.39, 0.29) is 0 Å². The Bertz CT molecular complexity index is 350. The maximum Gasteiger partial charge on any atom is 0.214 e. The molecular weight excluding hydrogens is 174 g/mol. The van der Waals surface area contributed by atoms with Gasteiger partial charge in [-0.25, -0.2) is 0 Å². The smallest absolute Gasteiger partial charge is 0.214 e. The molecule has 0 aliphatic heterocycles. The number of thiazole rings is 1. The Balaban J connectivity index is 3.20. The third kappa shape index (κ3) is 1.68. The second kappa shape index (κ2) is 3.96.